The van der Waals surface area contributed by atoms with Crippen LogP contribution in [0.5, 0.6) is 0 Å². The van der Waals surface area contributed by atoms with E-state index >= 15 is 0 Å². The molecule has 2 rings (SSSR count). The summed E-state index contributed by atoms with van der Waals surface area (Å²) in [5.74, 6) is 0. The first kappa shape index (κ1) is 8.84. The fourth-order valence-electron chi connectivity index (χ4n) is 1.25. The van der Waals surface area contributed by atoms with Crippen LogP contribution in [0.3, 0.4) is 0 Å². The van der Waals surface area contributed by atoms with Crippen molar-refractivity contribution in [2.45, 2.75) is 12.5 Å². The normalized spacial score (nSPS) is 27.1. The predicted molar refractivity (Wildman–Crippen MR) is 51.2 cm³/mol. The molecule has 70 valence electrons. The Labute approximate surface area is 84.7 Å². The number of thiophene rings is 1. The fourth-order valence-corrected chi connectivity index (χ4v) is 2.38. The maximum Gasteiger partial charge on any atom is 0.408 e. The highest BCUT2D eigenvalue weighted by Crippen LogP contribution is 2.35. The number of halogens is 1. The van der Waals surface area contributed by atoms with E-state index in [0.29, 0.717) is 10.9 Å². The monoisotopic (exact) mass is 217 g/mol. The number of carbonyl (C=O) groups excluding carboxylic acids is 1. The molecule has 1 saturated heterocycles. The van der Waals surface area contributed by atoms with Gasteiger partial charge in [0.05, 0.1) is 15.8 Å². The van der Waals surface area contributed by atoms with E-state index in [-0.39, 0.29) is 6.09 Å². The third-order valence-electron chi connectivity index (χ3n) is 1.98. The Morgan fingerprint density at radius 3 is 2.92 bits per heavy atom. The van der Waals surface area contributed by atoms with Gasteiger partial charge in [0.15, 0.2) is 5.60 Å². The van der Waals surface area contributed by atoms with Gasteiger partial charge in [-0.1, -0.05) is 11.6 Å². The van der Waals surface area contributed by atoms with Gasteiger partial charge in [-0.3, -0.25) is 0 Å². The van der Waals surface area contributed by atoms with Gasteiger partial charge in [-0.2, -0.15) is 0 Å². The van der Waals surface area contributed by atoms with Gasteiger partial charge in [-0.15, -0.1) is 11.3 Å². The van der Waals surface area contributed by atoms with Gasteiger partial charge in [-0.25, -0.2) is 4.79 Å². The molecule has 0 radical (unpaired) electrons. The molecule has 5 heteroatoms. The summed E-state index contributed by atoms with van der Waals surface area (Å²) in [5.41, 5.74) is -0.547. The number of amides is 1. The van der Waals surface area contributed by atoms with E-state index in [1.165, 1.54) is 11.3 Å². The van der Waals surface area contributed by atoms with Gasteiger partial charge < -0.3 is 10.1 Å². The average molecular weight is 218 g/mol. The molecular formula is C8H8ClNO2S. The number of cyclic esters (lactones) is 1. The van der Waals surface area contributed by atoms with Crippen LogP contribution >= 0.6 is 22.9 Å². The molecule has 0 aromatic carbocycles. The van der Waals surface area contributed by atoms with E-state index in [2.05, 4.69) is 5.32 Å². The minimum atomic E-state index is -0.547. The van der Waals surface area contributed by atoms with Gasteiger partial charge >= 0.3 is 6.09 Å². The van der Waals surface area contributed by atoms with Crippen LogP contribution in [0.2, 0.25) is 4.34 Å². The maximum absolute atomic E-state index is 10.9. The van der Waals surface area contributed by atoms with E-state index in [1.54, 1.807) is 6.07 Å². The molecule has 0 bridgehead atoms. The first-order valence-electron chi connectivity index (χ1n) is 3.83. The number of carbonyl (C=O) groups is 1. The molecule has 1 aromatic heterocycles. The molecule has 0 aliphatic carbocycles. The lowest BCUT2D eigenvalue weighted by molar-refractivity contribution is 0.0733. The lowest BCUT2D eigenvalue weighted by atomic mass is 10.1. The third-order valence-corrected chi connectivity index (χ3v) is 3.46. The van der Waals surface area contributed by atoms with Crippen LogP contribution in [0, 0.1) is 0 Å². The number of hydrogen-bond acceptors (Lipinski definition) is 3. The molecule has 1 fully saturated rings. The summed E-state index contributed by atoms with van der Waals surface area (Å²) < 4.78 is 5.86. The van der Waals surface area contributed by atoms with Crippen molar-refractivity contribution in [1.82, 2.24) is 5.32 Å². The van der Waals surface area contributed by atoms with E-state index < -0.39 is 5.60 Å². The summed E-state index contributed by atoms with van der Waals surface area (Å²) in [5, 5.41) is 2.62. The highest BCUT2D eigenvalue weighted by Gasteiger charge is 2.38. The molecule has 0 saturated carbocycles. The molecule has 1 aliphatic rings. The lowest BCUT2D eigenvalue weighted by Gasteiger charge is -2.18. The first-order chi connectivity index (χ1) is 6.10. The maximum atomic E-state index is 10.9. The van der Waals surface area contributed by atoms with Crippen molar-refractivity contribution in [2.24, 2.45) is 0 Å². The van der Waals surface area contributed by atoms with Crippen LogP contribution in [0.25, 0.3) is 0 Å². The highest BCUT2D eigenvalue weighted by molar-refractivity contribution is 7.16. The van der Waals surface area contributed by atoms with Crippen LogP contribution < -0.4 is 5.32 Å². The van der Waals surface area contributed by atoms with Gasteiger partial charge in [-0.05, 0) is 19.1 Å². The average Bonchev–Trinajstić information content (AvgIpc) is 2.60. The summed E-state index contributed by atoms with van der Waals surface area (Å²) in [6.45, 7) is 2.37. The molecule has 1 amide bonds. The van der Waals surface area contributed by atoms with E-state index in [9.17, 15) is 4.79 Å². The summed E-state index contributed by atoms with van der Waals surface area (Å²) in [4.78, 5) is 11.8. The van der Waals surface area contributed by atoms with Crippen LogP contribution in [0.1, 0.15) is 11.8 Å². The van der Waals surface area contributed by atoms with Crippen LogP contribution in [0.4, 0.5) is 4.79 Å². The zero-order valence-electron chi connectivity index (χ0n) is 6.96. The summed E-state index contributed by atoms with van der Waals surface area (Å²) in [6, 6.07) is 3.69. The molecule has 1 unspecified atom stereocenters. The molecule has 13 heavy (non-hydrogen) atoms. The molecule has 3 nitrogen and oxygen atoms in total. The summed E-state index contributed by atoms with van der Waals surface area (Å²) >= 11 is 7.23. The quantitative estimate of drug-likeness (QED) is 0.784. The third kappa shape index (κ3) is 1.51. The second-order valence-corrected chi connectivity index (χ2v) is 4.79. The van der Waals surface area contributed by atoms with Crippen molar-refractivity contribution < 1.29 is 9.53 Å². The largest absolute Gasteiger partial charge is 0.436 e. The predicted octanol–water partition coefficient (Wildman–Crippen LogP) is 2.36. The van der Waals surface area contributed by atoms with Gasteiger partial charge in [0.2, 0.25) is 0 Å². The zero-order valence-corrected chi connectivity index (χ0v) is 8.54. The van der Waals surface area contributed by atoms with Gasteiger partial charge in [0, 0.05) is 0 Å². The molecule has 0 spiro atoms. The molecule has 1 aliphatic heterocycles. The van der Waals surface area contributed by atoms with Crippen molar-refractivity contribution in [3.63, 3.8) is 0 Å². The Morgan fingerprint density at radius 1 is 1.69 bits per heavy atom. The molecule has 1 aromatic rings. The number of rotatable bonds is 1. The Kier molecular flexibility index (Phi) is 1.96. The van der Waals surface area contributed by atoms with E-state index in [1.807, 2.05) is 13.0 Å². The molecular weight excluding hydrogens is 210 g/mol. The Bertz CT molecular complexity index is 352. The van der Waals surface area contributed by atoms with Gasteiger partial charge in [0.1, 0.15) is 0 Å². The summed E-state index contributed by atoms with van der Waals surface area (Å²) in [7, 11) is 0. The molecule has 1 atom stereocenters. The number of nitrogens with one attached hydrogen (secondary N) is 1. The zero-order chi connectivity index (χ0) is 9.47. The van der Waals surface area contributed by atoms with Crippen molar-refractivity contribution in [2.75, 3.05) is 6.54 Å². The smallest absolute Gasteiger partial charge is 0.408 e. The molecule has 1 N–H and O–H groups in total. The van der Waals surface area contributed by atoms with E-state index in [4.69, 9.17) is 16.3 Å². The Morgan fingerprint density at radius 2 is 2.46 bits per heavy atom. The molecule has 2 heterocycles. The standard InChI is InChI=1S/C8H8ClNO2S/c1-8(4-10-7(11)12-8)5-2-3-6(9)13-5/h2-3H,4H2,1H3,(H,10,11). The van der Waals surface area contributed by atoms with Crippen molar-refractivity contribution >= 4 is 29.0 Å². The SMILES string of the molecule is CC1(c2ccc(Cl)s2)CNC(=O)O1. The van der Waals surface area contributed by atoms with Crippen molar-refractivity contribution in [3.05, 3.63) is 21.3 Å². The number of ether oxygens (including phenoxy) is 1. The van der Waals surface area contributed by atoms with Gasteiger partial charge in [0.25, 0.3) is 0 Å². The topological polar surface area (TPSA) is 38.3 Å². The van der Waals surface area contributed by atoms with Crippen LogP contribution in [-0.2, 0) is 10.3 Å². The number of hydrogen-bond donors (Lipinski definition) is 1. The van der Waals surface area contributed by atoms with Crippen LogP contribution in [-0.4, -0.2) is 12.6 Å². The highest BCUT2D eigenvalue weighted by atomic mass is 35.5. The first-order valence-corrected chi connectivity index (χ1v) is 5.02. The van der Waals surface area contributed by atoms with Crippen molar-refractivity contribution in [3.8, 4) is 0 Å². The Hall–Kier alpha value is -0.740. The summed E-state index contributed by atoms with van der Waals surface area (Å²) in [6.07, 6.45) is -0.368. The number of alkyl carbamates (subject to hydrolysis) is 1. The second-order valence-electron chi connectivity index (χ2n) is 3.08. The minimum Gasteiger partial charge on any atom is -0.436 e. The fraction of sp³-hybridized carbons (Fsp3) is 0.375. The lowest BCUT2D eigenvalue weighted by Crippen LogP contribution is -2.24. The second kappa shape index (κ2) is 2.89. The van der Waals surface area contributed by atoms with E-state index in [0.717, 1.165) is 4.88 Å². The Balaban J connectivity index is 2.30. The van der Waals surface area contributed by atoms with Crippen molar-refractivity contribution in [1.29, 1.82) is 0 Å². The minimum absolute atomic E-state index is 0.368. The van der Waals surface area contributed by atoms with Crippen LogP contribution in [0.15, 0.2) is 12.1 Å².